The average molecular weight is 233 g/mol. The number of aryl methyl sites for hydroxylation is 1. The van der Waals surface area contributed by atoms with E-state index in [1.165, 1.54) is 30.4 Å². The summed E-state index contributed by atoms with van der Waals surface area (Å²) in [5.41, 5.74) is 2.53. The van der Waals surface area contributed by atoms with E-state index in [0.717, 1.165) is 18.8 Å². The Hall–Kier alpha value is -0.890. The normalized spacial score (nSPS) is 31.8. The van der Waals surface area contributed by atoms with Gasteiger partial charge in [0.2, 0.25) is 0 Å². The van der Waals surface area contributed by atoms with E-state index in [4.69, 9.17) is 0 Å². The summed E-state index contributed by atoms with van der Waals surface area (Å²) < 4.78 is 13.1. The minimum Gasteiger partial charge on any atom is -0.307 e. The fourth-order valence-electron chi connectivity index (χ4n) is 3.41. The first-order valence-electron chi connectivity index (χ1n) is 6.78. The summed E-state index contributed by atoms with van der Waals surface area (Å²) in [7, 11) is 0. The van der Waals surface area contributed by atoms with Gasteiger partial charge in [0.25, 0.3) is 0 Å². The van der Waals surface area contributed by atoms with Crippen molar-refractivity contribution in [3.05, 3.63) is 35.1 Å². The van der Waals surface area contributed by atoms with E-state index in [1.807, 2.05) is 6.07 Å². The quantitative estimate of drug-likeness (QED) is 0.823. The van der Waals surface area contributed by atoms with Gasteiger partial charge < -0.3 is 5.32 Å². The Bertz CT molecular complexity index is 415. The summed E-state index contributed by atoms with van der Waals surface area (Å²) in [6.45, 7) is 2.34. The third kappa shape index (κ3) is 2.11. The van der Waals surface area contributed by atoms with Crippen molar-refractivity contribution in [2.45, 2.75) is 51.1 Å². The third-order valence-corrected chi connectivity index (χ3v) is 4.46. The number of halogens is 1. The first kappa shape index (κ1) is 11.2. The molecule has 1 nitrogen and oxygen atoms in total. The van der Waals surface area contributed by atoms with Crippen molar-refractivity contribution in [3.8, 4) is 0 Å². The highest BCUT2D eigenvalue weighted by molar-refractivity contribution is 5.35. The largest absolute Gasteiger partial charge is 0.307 e. The topological polar surface area (TPSA) is 12.0 Å². The van der Waals surface area contributed by atoms with Gasteiger partial charge in [0.1, 0.15) is 5.82 Å². The smallest absolute Gasteiger partial charge is 0.123 e. The van der Waals surface area contributed by atoms with Gasteiger partial charge in [-0.25, -0.2) is 4.39 Å². The van der Waals surface area contributed by atoms with Gasteiger partial charge in [0, 0.05) is 12.1 Å². The molecule has 2 aliphatic rings. The van der Waals surface area contributed by atoms with E-state index in [0.29, 0.717) is 12.1 Å². The van der Waals surface area contributed by atoms with Crippen LogP contribution in [0.1, 0.15) is 49.8 Å². The molecule has 0 bridgehead atoms. The van der Waals surface area contributed by atoms with Gasteiger partial charge in [0.05, 0.1) is 0 Å². The highest BCUT2D eigenvalue weighted by Crippen LogP contribution is 2.34. The van der Waals surface area contributed by atoms with Gasteiger partial charge in [-0.2, -0.15) is 0 Å². The van der Waals surface area contributed by atoms with Crippen LogP contribution in [0.4, 0.5) is 4.39 Å². The van der Waals surface area contributed by atoms with E-state index < -0.39 is 0 Å². The number of nitrogens with one attached hydrogen (secondary N) is 1. The maximum atomic E-state index is 13.1. The zero-order valence-electron chi connectivity index (χ0n) is 10.4. The number of rotatable bonds is 2. The van der Waals surface area contributed by atoms with E-state index in [1.54, 1.807) is 12.1 Å². The van der Waals surface area contributed by atoms with Crippen LogP contribution in [0.3, 0.4) is 0 Å². The van der Waals surface area contributed by atoms with Crippen molar-refractivity contribution in [1.29, 1.82) is 0 Å². The summed E-state index contributed by atoms with van der Waals surface area (Å²) in [5.74, 6) is 0.693. The van der Waals surface area contributed by atoms with Crippen LogP contribution in [0.25, 0.3) is 0 Å². The Morgan fingerprint density at radius 2 is 2.12 bits per heavy atom. The molecule has 0 radical (unpaired) electrons. The molecule has 2 heteroatoms. The van der Waals surface area contributed by atoms with E-state index in [-0.39, 0.29) is 5.82 Å². The first-order chi connectivity index (χ1) is 8.24. The lowest BCUT2D eigenvalue weighted by molar-refractivity contribution is 0.374. The third-order valence-electron chi connectivity index (χ3n) is 4.46. The summed E-state index contributed by atoms with van der Waals surface area (Å²) >= 11 is 0. The lowest BCUT2D eigenvalue weighted by Crippen LogP contribution is -2.33. The molecule has 3 atom stereocenters. The molecule has 0 saturated heterocycles. The number of benzene rings is 1. The number of hydrogen-bond donors (Lipinski definition) is 1. The van der Waals surface area contributed by atoms with Crippen molar-refractivity contribution in [2.75, 3.05) is 0 Å². The Morgan fingerprint density at radius 3 is 2.88 bits per heavy atom. The Labute approximate surface area is 102 Å². The molecule has 2 aliphatic carbocycles. The maximum Gasteiger partial charge on any atom is 0.123 e. The maximum absolute atomic E-state index is 13.1. The molecule has 17 heavy (non-hydrogen) atoms. The van der Waals surface area contributed by atoms with Crippen molar-refractivity contribution in [2.24, 2.45) is 5.92 Å². The van der Waals surface area contributed by atoms with Gasteiger partial charge in [-0.05, 0) is 54.9 Å². The standard InChI is InChI=1S/C15H20FN/c1-10-3-2-4-14(10)17-15-8-5-11-9-12(16)6-7-13(11)15/h6-7,9-10,14-15,17H,2-5,8H2,1H3. The summed E-state index contributed by atoms with van der Waals surface area (Å²) in [4.78, 5) is 0. The molecule has 1 N–H and O–H groups in total. The summed E-state index contributed by atoms with van der Waals surface area (Å²) in [6, 6.07) is 6.38. The molecule has 1 saturated carbocycles. The highest BCUT2D eigenvalue weighted by atomic mass is 19.1. The molecule has 0 aliphatic heterocycles. The second-order valence-electron chi connectivity index (χ2n) is 5.62. The molecule has 0 spiro atoms. The zero-order valence-corrected chi connectivity index (χ0v) is 10.4. The van der Waals surface area contributed by atoms with Gasteiger partial charge in [-0.15, -0.1) is 0 Å². The monoisotopic (exact) mass is 233 g/mol. The minimum atomic E-state index is -0.0985. The molecule has 1 aromatic carbocycles. The van der Waals surface area contributed by atoms with E-state index in [9.17, 15) is 4.39 Å². The van der Waals surface area contributed by atoms with Crippen LogP contribution < -0.4 is 5.32 Å². The van der Waals surface area contributed by atoms with Crippen LogP contribution in [0.5, 0.6) is 0 Å². The highest BCUT2D eigenvalue weighted by Gasteiger charge is 2.29. The van der Waals surface area contributed by atoms with Crippen molar-refractivity contribution >= 4 is 0 Å². The van der Waals surface area contributed by atoms with Crippen molar-refractivity contribution in [3.63, 3.8) is 0 Å². The van der Waals surface area contributed by atoms with Crippen LogP contribution in [-0.2, 0) is 6.42 Å². The molecular formula is C15H20FN. The second kappa shape index (κ2) is 4.41. The molecule has 0 amide bonds. The predicted octanol–water partition coefficient (Wildman–Crippen LogP) is 3.59. The molecule has 0 heterocycles. The average Bonchev–Trinajstić information content (AvgIpc) is 2.87. The Kier molecular flexibility index (Phi) is 2.91. The predicted molar refractivity (Wildman–Crippen MR) is 67.4 cm³/mol. The zero-order chi connectivity index (χ0) is 11.8. The van der Waals surface area contributed by atoms with Crippen LogP contribution in [0, 0.1) is 11.7 Å². The lowest BCUT2D eigenvalue weighted by atomic mass is 10.0. The number of hydrogen-bond acceptors (Lipinski definition) is 1. The molecule has 92 valence electrons. The Morgan fingerprint density at radius 1 is 1.24 bits per heavy atom. The van der Waals surface area contributed by atoms with Gasteiger partial charge in [-0.1, -0.05) is 19.4 Å². The fourth-order valence-corrected chi connectivity index (χ4v) is 3.41. The van der Waals surface area contributed by atoms with Crippen molar-refractivity contribution < 1.29 is 4.39 Å². The van der Waals surface area contributed by atoms with E-state index >= 15 is 0 Å². The first-order valence-corrected chi connectivity index (χ1v) is 6.78. The summed E-state index contributed by atoms with van der Waals surface area (Å²) in [5, 5.41) is 3.78. The summed E-state index contributed by atoms with van der Waals surface area (Å²) in [6.07, 6.45) is 6.14. The second-order valence-corrected chi connectivity index (χ2v) is 5.62. The minimum absolute atomic E-state index is 0.0985. The molecule has 3 unspecified atom stereocenters. The van der Waals surface area contributed by atoms with Gasteiger partial charge in [-0.3, -0.25) is 0 Å². The molecule has 0 aromatic heterocycles. The van der Waals surface area contributed by atoms with Crippen LogP contribution >= 0.6 is 0 Å². The molecule has 3 rings (SSSR count). The fraction of sp³-hybridized carbons (Fsp3) is 0.600. The Balaban J connectivity index is 1.75. The van der Waals surface area contributed by atoms with Gasteiger partial charge in [0.15, 0.2) is 0 Å². The van der Waals surface area contributed by atoms with Gasteiger partial charge >= 0.3 is 0 Å². The van der Waals surface area contributed by atoms with Crippen LogP contribution in [0.15, 0.2) is 18.2 Å². The van der Waals surface area contributed by atoms with Crippen molar-refractivity contribution in [1.82, 2.24) is 5.32 Å². The SMILES string of the molecule is CC1CCCC1NC1CCc2cc(F)ccc21. The molecular weight excluding hydrogens is 213 g/mol. The van der Waals surface area contributed by atoms with E-state index in [2.05, 4.69) is 12.2 Å². The number of fused-ring (bicyclic) bond motifs is 1. The van der Waals surface area contributed by atoms with Crippen LogP contribution in [0.2, 0.25) is 0 Å². The van der Waals surface area contributed by atoms with Crippen LogP contribution in [-0.4, -0.2) is 6.04 Å². The lowest BCUT2D eigenvalue weighted by Gasteiger charge is -2.23. The molecule has 1 fully saturated rings. The molecule has 1 aromatic rings.